The van der Waals surface area contributed by atoms with Crippen molar-refractivity contribution >= 4 is 15.9 Å². The number of urea groups is 1. The minimum atomic E-state index is -3.04. The average molecular weight is 246 g/mol. The van der Waals surface area contributed by atoms with Crippen molar-refractivity contribution in [1.29, 1.82) is 0 Å². The molecule has 0 rings (SSSR count). The summed E-state index contributed by atoms with van der Waals surface area (Å²) in [4.78, 5) is 12.8. The maximum Gasteiger partial charge on any atom is 0.318 e. The van der Waals surface area contributed by atoms with Gasteiger partial charge < -0.3 is 10.2 Å². The summed E-state index contributed by atoms with van der Waals surface area (Å²) in [6, 6.07) is -0.681. The molecule has 0 saturated carbocycles. The van der Waals surface area contributed by atoms with Crippen molar-refractivity contribution in [1.82, 2.24) is 10.2 Å². The second kappa shape index (κ2) is 6.38. The van der Waals surface area contributed by atoms with E-state index in [1.807, 2.05) is 0 Å². The number of nitrogens with one attached hydrogen (secondary N) is 1. The van der Waals surface area contributed by atoms with Crippen molar-refractivity contribution in [2.45, 2.75) is 19.9 Å². The first-order chi connectivity index (χ1) is 7.34. The van der Waals surface area contributed by atoms with Crippen molar-refractivity contribution in [3.63, 3.8) is 0 Å². The standard InChI is InChI=1S/C10H18N2O3S/c1-5-9(3)12(4)10(13)11-7-8-16(14,15)6-2/h1,9H,6-8H2,2-4H3,(H,11,13)/t9-/m0/s1. The topological polar surface area (TPSA) is 66.5 Å². The molecule has 2 amide bonds. The second-order valence-electron chi connectivity index (χ2n) is 3.42. The number of terminal acetylenes is 1. The molecule has 0 aromatic carbocycles. The van der Waals surface area contributed by atoms with Crippen LogP contribution in [0.5, 0.6) is 0 Å². The molecule has 0 fully saturated rings. The lowest BCUT2D eigenvalue weighted by Crippen LogP contribution is -2.43. The van der Waals surface area contributed by atoms with Gasteiger partial charge in [0.2, 0.25) is 0 Å². The van der Waals surface area contributed by atoms with E-state index >= 15 is 0 Å². The van der Waals surface area contributed by atoms with Crippen LogP contribution in [-0.2, 0) is 9.84 Å². The lowest BCUT2D eigenvalue weighted by molar-refractivity contribution is 0.204. The zero-order valence-corrected chi connectivity index (χ0v) is 10.7. The zero-order valence-electron chi connectivity index (χ0n) is 9.86. The van der Waals surface area contributed by atoms with E-state index in [1.54, 1.807) is 20.9 Å². The van der Waals surface area contributed by atoms with Crippen LogP contribution in [0.4, 0.5) is 4.79 Å². The SMILES string of the molecule is C#C[C@H](C)N(C)C(=O)NCCS(=O)(=O)CC. The largest absolute Gasteiger partial charge is 0.337 e. The van der Waals surface area contributed by atoms with E-state index < -0.39 is 9.84 Å². The van der Waals surface area contributed by atoms with E-state index in [0.717, 1.165) is 0 Å². The predicted octanol–water partition coefficient (Wildman–Crippen LogP) is 0.0842. The van der Waals surface area contributed by atoms with Crippen LogP contribution in [0, 0.1) is 12.3 Å². The van der Waals surface area contributed by atoms with Gasteiger partial charge in [0.15, 0.2) is 9.84 Å². The van der Waals surface area contributed by atoms with Gasteiger partial charge in [-0.1, -0.05) is 12.8 Å². The highest BCUT2D eigenvalue weighted by Gasteiger charge is 2.14. The molecule has 0 unspecified atom stereocenters. The highest BCUT2D eigenvalue weighted by Crippen LogP contribution is 1.94. The number of sulfone groups is 1. The molecule has 5 nitrogen and oxygen atoms in total. The zero-order chi connectivity index (χ0) is 12.8. The second-order valence-corrected chi connectivity index (χ2v) is 5.89. The molecule has 0 aromatic heterocycles. The van der Waals surface area contributed by atoms with Crippen molar-refractivity contribution in [3.8, 4) is 12.3 Å². The lowest BCUT2D eigenvalue weighted by atomic mass is 10.3. The van der Waals surface area contributed by atoms with Gasteiger partial charge in [0.1, 0.15) is 0 Å². The molecule has 0 aliphatic heterocycles. The normalized spacial score (nSPS) is 12.6. The third kappa shape index (κ3) is 5.03. The Bertz CT molecular complexity index is 370. The van der Waals surface area contributed by atoms with Gasteiger partial charge in [-0.15, -0.1) is 6.42 Å². The summed E-state index contributed by atoms with van der Waals surface area (Å²) >= 11 is 0. The summed E-state index contributed by atoms with van der Waals surface area (Å²) in [5.41, 5.74) is 0. The first kappa shape index (κ1) is 14.8. The smallest absolute Gasteiger partial charge is 0.318 e. The van der Waals surface area contributed by atoms with Gasteiger partial charge in [-0.3, -0.25) is 0 Å². The molecule has 0 heterocycles. The number of amides is 2. The van der Waals surface area contributed by atoms with Crippen LogP contribution in [0.15, 0.2) is 0 Å². The fourth-order valence-corrected chi connectivity index (χ4v) is 1.57. The Hall–Kier alpha value is -1.22. The van der Waals surface area contributed by atoms with Gasteiger partial charge >= 0.3 is 6.03 Å². The maximum atomic E-state index is 11.4. The molecular formula is C10H18N2O3S. The molecule has 1 atom stereocenters. The Morgan fingerprint density at radius 3 is 2.56 bits per heavy atom. The summed E-state index contributed by atoms with van der Waals surface area (Å²) < 4.78 is 22.3. The van der Waals surface area contributed by atoms with Crippen molar-refractivity contribution in [2.24, 2.45) is 0 Å². The van der Waals surface area contributed by atoms with Crippen molar-refractivity contribution in [3.05, 3.63) is 0 Å². The molecule has 0 spiro atoms. The third-order valence-corrected chi connectivity index (χ3v) is 3.98. The summed E-state index contributed by atoms with van der Waals surface area (Å²) in [6.45, 7) is 3.39. The number of carbonyl (C=O) groups is 1. The highest BCUT2D eigenvalue weighted by molar-refractivity contribution is 7.91. The number of carbonyl (C=O) groups excluding carboxylic acids is 1. The van der Waals surface area contributed by atoms with E-state index in [0.29, 0.717) is 0 Å². The minimum absolute atomic E-state index is 0.0481. The average Bonchev–Trinajstić information content (AvgIpc) is 2.26. The van der Waals surface area contributed by atoms with Gasteiger partial charge in [0.25, 0.3) is 0 Å². The molecule has 0 aliphatic rings. The van der Waals surface area contributed by atoms with Crippen LogP contribution in [0.1, 0.15) is 13.8 Å². The van der Waals surface area contributed by atoms with Gasteiger partial charge in [-0.2, -0.15) is 0 Å². The molecule has 92 valence electrons. The highest BCUT2D eigenvalue weighted by atomic mass is 32.2. The van der Waals surface area contributed by atoms with Crippen LogP contribution in [0.3, 0.4) is 0 Å². The van der Waals surface area contributed by atoms with Crippen molar-refractivity contribution in [2.75, 3.05) is 25.1 Å². The van der Waals surface area contributed by atoms with E-state index in [9.17, 15) is 13.2 Å². The van der Waals surface area contributed by atoms with Crippen LogP contribution in [0.2, 0.25) is 0 Å². The lowest BCUT2D eigenvalue weighted by Gasteiger charge is -2.20. The van der Waals surface area contributed by atoms with Crippen molar-refractivity contribution < 1.29 is 13.2 Å². The number of hydrogen-bond acceptors (Lipinski definition) is 3. The number of hydrogen-bond donors (Lipinski definition) is 1. The van der Waals surface area contributed by atoms with E-state index in [4.69, 9.17) is 6.42 Å². The molecule has 0 bridgehead atoms. The van der Waals surface area contributed by atoms with Gasteiger partial charge in [0, 0.05) is 19.3 Å². The minimum Gasteiger partial charge on any atom is -0.337 e. The summed E-state index contributed by atoms with van der Waals surface area (Å²) in [7, 11) is -1.48. The Morgan fingerprint density at radius 2 is 2.12 bits per heavy atom. The first-order valence-electron chi connectivity index (χ1n) is 5.01. The van der Waals surface area contributed by atoms with Crippen LogP contribution in [0.25, 0.3) is 0 Å². The molecule has 1 N–H and O–H groups in total. The van der Waals surface area contributed by atoms with Crippen LogP contribution in [-0.4, -0.2) is 50.5 Å². The molecule has 0 saturated heterocycles. The Morgan fingerprint density at radius 1 is 1.56 bits per heavy atom. The van der Waals surface area contributed by atoms with Gasteiger partial charge in [-0.05, 0) is 6.92 Å². The Kier molecular flexibility index (Phi) is 5.89. The molecule has 0 aliphatic carbocycles. The molecule has 0 aromatic rings. The van der Waals surface area contributed by atoms with Crippen LogP contribution < -0.4 is 5.32 Å². The Labute approximate surface area is 97.1 Å². The van der Waals surface area contributed by atoms with E-state index in [1.165, 1.54) is 4.90 Å². The number of nitrogens with zero attached hydrogens (tertiary/aromatic N) is 1. The molecule has 0 radical (unpaired) electrons. The molecule has 16 heavy (non-hydrogen) atoms. The first-order valence-corrected chi connectivity index (χ1v) is 6.83. The fourth-order valence-electron chi connectivity index (χ4n) is 0.870. The quantitative estimate of drug-likeness (QED) is 0.699. The third-order valence-electron chi connectivity index (χ3n) is 2.27. The van der Waals surface area contributed by atoms with E-state index in [-0.39, 0.29) is 30.1 Å². The van der Waals surface area contributed by atoms with E-state index in [2.05, 4.69) is 11.2 Å². The summed E-state index contributed by atoms with van der Waals surface area (Å²) in [5, 5.41) is 2.50. The Balaban J connectivity index is 4.06. The monoisotopic (exact) mass is 246 g/mol. The van der Waals surface area contributed by atoms with Gasteiger partial charge in [0.05, 0.1) is 11.8 Å². The summed E-state index contributed by atoms with van der Waals surface area (Å²) in [6.07, 6.45) is 5.16. The maximum absolute atomic E-state index is 11.4. The van der Waals surface area contributed by atoms with Crippen LogP contribution >= 0.6 is 0 Å². The number of rotatable bonds is 5. The fraction of sp³-hybridized carbons (Fsp3) is 0.700. The van der Waals surface area contributed by atoms with Gasteiger partial charge in [-0.25, -0.2) is 13.2 Å². The molecule has 6 heteroatoms. The molecular weight excluding hydrogens is 228 g/mol. The summed E-state index contributed by atoms with van der Waals surface area (Å²) in [5.74, 6) is 2.44. The predicted molar refractivity (Wildman–Crippen MR) is 63.8 cm³/mol.